The van der Waals surface area contributed by atoms with E-state index >= 15 is 0 Å². The van der Waals surface area contributed by atoms with Gasteiger partial charge in [-0.25, -0.2) is 4.79 Å². The second-order valence-corrected chi connectivity index (χ2v) is 7.88. The number of aliphatic hydroxyl groups excluding tert-OH is 1. The van der Waals surface area contributed by atoms with E-state index in [1.165, 1.54) is 12.8 Å². The quantitative estimate of drug-likeness (QED) is 0.870. The first kappa shape index (κ1) is 17.5. The molecule has 0 bridgehead atoms. The fourth-order valence-electron chi connectivity index (χ4n) is 3.60. The second kappa shape index (κ2) is 7.18. The van der Waals surface area contributed by atoms with Crippen molar-refractivity contribution in [3.05, 3.63) is 0 Å². The third kappa shape index (κ3) is 4.85. The maximum Gasteiger partial charge on any atom is 0.410 e. The summed E-state index contributed by atoms with van der Waals surface area (Å²) in [5.74, 6) is 0.492. The van der Waals surface area contributed by atoms with Crippen molar-refractivity contribution in [2.75, 3.05) is 26.2 Å². The van der Waals surface area contributed by atoms with Crippen LogP contribution in [0.25, 0.3) is 0 Å². The lowest BCUT2D eigenvalue weighted by Gasteiger charge is -2.38. The molecule has 0 radical (unpaired) electrons. The molecule has 0 unspecified atom stereocenters. The molecule has 3 atom stereocenters. The van der Waals surface area contributed by atoms with Crippen LogP contribution >= 0.6 is 0 Å². The molecule has 2 heterocycles. The zero-order valence-electron chi connectivity index (χ0n) is 14.5. The molecular formula is C17H32N2O3. The van der Waals surface area contributed by atoms with Crippen molar-refractivity contribution in [1.82, 2.24) is 9.80 Å². The largest absolute Gasteiger partial charge is 0.444 e. The van der Waals surface area contributed by atoms with Gasteiger partial charge in [0.15, 0.2) is 0 Å². The van der Waals surface area contributed by atoms with Crippen LogP contribution in [0, 0.1) is 5.92 Å². The number of rotatable bonds is 3. The third-order valence-electron chi connectivity index (χ3n) is 4.65. The number of carbonyl (C=O) groups excluding carboxylic acids is 1. The van der Waals surface area contributed by atoms with E-state index in [4.69, 9.17) is 4.74 Å². The number of amides is 1. The van der Waals surface area contributed by atoms with Crippen molar-refractivity contribution in [2.24, 2.45) is 5.92 Å². The van der Waals surface area contributed by atoms with E-state index in [1.54, 1.807) is 0 Å². The number of hydrogen-bond acceptors (Lipinski definition) is 4. The number of carbonyl (C=O) groups is 1. The lowest BCUT2D eigenvalue weighted by molar-refractivity contribution is 0.0216. The van der Waals surface area contributed by atoms with Crippen LogP contribution in [-0.2, 0) is 4.74 Å². The summed E-state index contributed by atoms with van der Waals surface area (Å²) in [5, 5.41) is 9.96. The minimum Gasteiger partial charge on any atom is -0.444 e. The fraction of sp³-hybridized carbons (Fsp3) is 0.941. The summed E-state index contributed by atoms with van der Waals surface area (Å²) >= 11 is 0. The molecule has 1 N–H and O–H groups in total. The van der Waals surface area contributed by atoms with Crippen molar-refractivity contribution in [3.8, 4) is 0 Å². The molecule has 5 nitrogen and oxygen atoms in total. The summed E-state index contributed by atoms with van der Waals surface area (Å²) in [6, 6.07) is 0.282. The Bertz CT molecular complexity index is 379. The Hall–Kier alpha value is -0.810. The number of hydrogen-bond donors (Lipinski definition) is 1. The van der Waals surface area contributed by atoms with Crippen LogP contribution in [0.5, 0.6) is 0 Å². The lowest BCUT2D eigenvalue weighted by atomic mass is 9.96. The van der Waals surface area contributed by atoms with Gasteiger partial charge in [-0.2, -0.15) is 0 Å². The molecule has 1 amide bonds. The Labute approximate surface area is 134 Å². The summed E-state index contributed by atoms with van der Waals surface area (Å²) < 4.78 is 5.45. The van der Waals surface area contributed by atoms with Crippen LogP contribution in [0.15, 0.2) is 0 Å². The van der Waals surface area contributed by atoms with Crippen LogP contribution in [0.2, 0.25) is 0 Å². The number of ether oxygens (including phenoxy) is 1. The average Bonchev–Trinajstić information content (AvgIpc) is 2.86. The number of piperidine rings is 1. The highest BCUT2D eigenvalue weighted by Crippen LogP contribution is 2.25. The van der Waals surface area contributed by atoms with Gasteiger partial charge in [-0.1, -0.05) is 6.42 Å². The van der Waals surface area contributed by atoms with Crippen LogP contribution in [0.3, 0.4) is 0 Å². The van der Waals surface area contributed by atoms with Crippen molar-refractivity contribution >= 4 is 6.09 Å². The molecule has 0 saturated carbocycles. The first-order valence-electron chi connectivity index (χ1n) is 8.66. The van der Waals surface area contributed by atoms with Crippen molar-refractivity contribution in [2.45, 2.75) is 71.1 Å². The van der Waals surface area contributed by atoms with Gasteiger partial charge >= 0.3 is 6.09 Å². The summed E-state index contributed by atoms with van der Waals surface area (Å²) in [6.45, 7) is 11.2. The number of aliphatic hydroxyl groups is 1. The zero-order chi connectivity index (χ0) is 16.3. The van der Waals surface area contributed by atoms with Gasteiger partial charge in [-0.15, -0.1) is 0 Å². The van der Waals surface area contributed by atoms with Gasteiger partial charge in [0.2, 0.25) is 0 Å². The van der Waals surface area contributed by atoms with Crippen LogP contribution in [0.1, 0.15) is 53.4 Å². The molecule has 0 aromatic carbocycles. The summed E-state index contributed by atoms with van der Waals surface area (Å²) in [6.07, 6.45) is 4.07. The van der Waals surface area contributed by atoms with Crippen LogP contribution in [0.4, 0.5) is 4.79 Å². The van der Waals surface area contributed by atoms with E-state index in [0.717, 1.165) is 39.0 Å². The highest BCUT2D eigenvalue weighted by molar-refractivity contribution is 5.68. The maximum atomic E-state index is 12.1. The summed E-state index contributed by atoms with van der Waals surface area (Å²) in [4.78, 5) is 16.4. The molecule has 5 heteroatoms. The highest BCUT2D eigenvalue weighted by atomic mass is 16.6. The SMILES string of the molecule is C[C@H](O)[C@@H]1CCCCN1C[C@@H]1CCN(C(=O)OC(C)(C)C)C1. The molecule has 0 aromatic rings. The van der Waals surface area contributed by atoms with Gasteiger partial charge in [0.25, 0.3) is 0 Å². The van der Waals surface area contributed by atoms with E-state index < -0.39 is 5.60 Å². The molecular weight excluding hydrogens is 280 g/mol. The van der Waals surface area contributed by atoms with Crippen molar-refractivity contribution in [1.29, 1.82) is 0 Å². The van der Waals surface area contributed by atoms with Crippen LogP contribution in [-0.4, -0.2) is 64.9 Å². The van der Waals surface area contributed by atoms with Gasteiger partial charge < -0.3 is 14.7 Å². The Kier molecular flexibility index (Phi) is 5.72. The molecule has 0 spiro atoms. The first-order valence-corrected chi connectivity index (χ1v) is 8.66. The Morgan fingerprint density at radius 3 is 2.64 bits per heavy atom. The Morgan fingerprint density at radius 1 is 1.27 bits per heavy atom. The highest BCUT2D eigenvalue weighted by Gasteiger charge is 2.33. The molecule has 0 aromatic heterocycles. The topological polar surface area (TPSA) is 53.0 Å². The van der Waals surface area contributed by atoms with E-state index in [0.29, 0.717) is 5.92 Å². The molecule has 2 saturated heterocycles. The zero-order valence-corrected chi connectivity index (χ0v) is 14.5. The van der Waals surface area contributed by atoms with E-state index in [9.17, 15) is 9.90 Å². The monoisotopic (exact) mass is 312 g/mol. The molecule has 2 rings (SSSR count). The van der Waals surface area contributed by atoms with Gasteiger partial charge in [0, 0.05) is 25.7 Å². The van der Waals surface area contributed by atoms with Crippen molar-refractivity contribution < 1.29 is 14.6 Å². The van der Waals surface area contributed by atoms with Gasteiger partial charge in [-0.3, -0.25) is 4.90 Å². The summed E-state index contributed by atoms with van der Waals surface area (Å²) in [5.41, 5.74) is -0.431. The fourth-order valence-corrected chi connectivity index (χ4v) is 3.60. The van der Waals surface area contributed by atoms with Gasteiger partial charge in [-0.05, 0) is 59.4 Å². The van der Waals surface area contributed by atoms with E-state index in [-0.39, 0.29) is 18.2 Å². The summed E-state index contributed by atoms with van der Waals surface area (Å²) in [7, 11) is 0. The van der Waals surface area contributed by atoms with Crippen molar-refractivity contribution in [3.63, 3.8) is 0 Å². The van der Waals surface area contributed by atoms with Gasteiger partial charge in [0.1, 0.15) is 5.60 Å². The molecule has 22 heavy (non-hydrogen) atoms. The molecule has 2 aliphatic rings. The van der Waals surface area contributed by atoms with E-state index in [2.05, 4.69) is 4.90 Å². The Morgan fingerprint density at radius 2 is 2.00 bits per heavy atom. The normalized spacial score (nSPS) is 28.7. The molecule has 2 aliphatic heterocycles. The van der Waals surface area contributed by atoms with Gasteiger partial charge in [0.05, 0.1) is 6.10 Å². The second-order valence-electron chi connectivity index (χ2n) is 7.88. The smallest absolute Gasteiger partial charge is 0.410 e. The third-order valence-corrected chi connectivity index (χ3v) is 4.65. The lowest BCUT2D eigenvalue weighted by Crippen LogP contribution is -2.48. The standard InChI is InChI=1S/C17H32N2O3/c1-13(20)15-7-5-6-9-18(15)11-14-8-10-19(12-14)16(21)22-17(2,3)4/h13-15,20H,5-12H2,1-4H3/t13-,14-,15-/m0/s1. The molecule has 0 aliphatic carbocycles. The molecule has 128 valence electrons. The van der Waals surface area contributed by atoms with Crippen LogP contribution < -0.4 is 0 Å². The maximum absolute atomic E-state index is 12.1. The number of nitrogens with zero attached hydrogens (tertiary/aromatic N) is 2. The minimum absolute atomic E-state index is 0.194. The number of likely N-dealkylation sites (tertiary alicyclic amines) is 2. The first-order chi connectivity index (χ1) is 10.3. The molecule has 2 fully saturated rings. The average molecular weight is 312 g/mol. The predicted octanol–water partition coefficient (Wildman–Crippen LogP) is 2.48. The predicted molar refractivity (Wildman–Crippen MR) is 86.8 cm³/mol. The minimum atomic E-state index is -0.431. The van der Waals surface area contributed by atoms with E-state index in [1.807, 2.05) is 32.6 Å². The Balaban J connectivity index is 1.84.